The molecular formula is C23H28F3N5O2S. The number of nitrogens with zero attached hydrogens (tertiary/aromatic N) is 3. The zero-order chi connectivity index (χ0) is 24.8. The maximum atomic E-state index is 13.4. The van der Waals surface area contributed by atoms with Crippen LogP contribution in [-0.2, 0) is 0 Å². The van der Waals surface area contributed by atoms with E-state index in [9.17, 15) is 22.8 Å². The molecule has 2 N–H and O–H groups in total. The summed E-state index contributed by atoms with van der Waals surface area (Å²) in [4.78, 5) is 37.0. The van der Waals surface area contributed by atoms with Crippen LogP contribution in [0.1, 0.15) is 65.9 Å². The largest absolute Gasteiger partial charge is 0.408 e. The van der Waals surface area contributed by atoms with Gasteiger partial charge in [0, 0.05) is 30.4 Å². The van der Waals surface area contributed by atoms with Crippen LogP contribution < -0.4 is 10.6 Å². The molecule has 2 amide bonds. The Balaban J connectivity index is 1.67. The van der Waals surface area contributed by atoms with Gasteiger partial charge in [-0.2, -0.15) is 13.2 Å². The average Bonchev–Trinajstić information content (AvgIpc) is 3.14. The van der Waals surface area contributed by atoms with Gasteiger partial charge in [0.1, 0.15) is 17.6 Å². The molecule has 34 heavy (non-hydrogen) atoms. The molecular weight excluding hydrogens is 467 g/mol. The second-order valence-corrected chi connectivity index (χ2v) is 10.3. The number of rotatable bonds is 6. The first-order valence-electron chi connectivity index (χ1n) is 11.4. The van der Waals surface area contributed by atoms with E-state index >= 15 is 0 Å². The van der Waals surface area contributed by atoms with Gasteiger partial charge in [-0.25, -0.2) is 9.97 Å². The Hall–Kier alpha value is -2.69. The summed E-state index contributed by atoms with van der Waals surface area (Å²) in [5, 5.41) is 5.49. The molecule has 4 rings (SSSR count). The number of hydrogen-bond donors (Lipinski definition) is 2. The minimum atomic E-state index is -4.40. The summed E-state index contributed by atoms with van der Waals surface area (Å²) < 4.78 is 38.8. The summed E-state index contributed by atoms with van der Waals surface area (Å²) in [7, 11) is 0. The van der Waals surface area contributed by atoms with E-state index < -0.39 is 12.2 Å². The number of likely N-dealkylation sites (tertiary alicyclic amines) is 1. The number of pyridine rings is 1. The van der Waals surface area contributed by atoms with Crippen molar-refractivity contribution in [1.82, 2.24) is 20.2 Å². The molecule has 2 aromatic rings. The molecule has 184 valence electrons. The quantitative estimate of drug-likeness (QED) is 0.610. The van der Waals surface area contributed by atoms with Gasteiger partial charge in [0.15, 0.2) is 5.01 Å². The lowest BCUT2D eigenvalue weighted by atomic mass is 10.1. The van der Waals surface area contributed by atoms with Crippen LogP contribution in [0.2, 0.25) is 0 Å². The van der Waals surface area contributed by atoms with Crippen LogP contribution in [0.25, 0.3) is 10.4 Å². The van der Waals surface area contributed by atoms with Crippen molar-refractivity contribution < 1.29 is 22.8 Å². The molecule has 0 spiro atoms. The van der Waals surface area contributed by atoms with E-state index in [0.29, 0.717) is 28.5 Å². The predicted octanol–water partition coefficient (Wildman–Crippen LogP) is 4.64. The van der Waals surface area contributed by atoms with Crippen LogP contribution in [-0.4, -0.2) is 57.5 Å². The molecule has 1 aliphatic heterocycles. The van der Waals surface area contributed by atoms with E-state index in [-0.39, 0.29) is 40.4 Å². The number of carbonyl (C=O) groups is 2. The van der Waals surface area contributed by atoms with Crippen molar-refractivity contribution in [2.45, 2.75) is 71.3 Å². The lowest BCUT2D eigenvalue weighted by molar-refractivity contribution is -0.138. The van der Waals surface area contributed by atoms with Crippen molar-refractivity contribution in [2.75, 3.05) is 11.9 Å². The van der Waals surface area contributed by atoms with Gasteiger partial charge in [0.05, 0.1) is 4.88 Å². The van der Waals surface area contributed by atoms with Crippen LogP contribution >= 0.6 is 11.3 Å². The lowest BCUT2D eigenvalue weighted by Gasteiger charge is -2.21. The number of amides is 2. The highest BCUT2D eigenvalue weighted by Gasteiger charge is 2.37. The molecule has 2 aromatic heterocycles. The molecule has 3 heterocycles. The molecule has 0 radical (unpaired) electrons. The normalized spacial score (nSPS) is 23.0. The van der Waals surface area contributed by atoms with Gasteiger partial charge >= 0.3 is 6.18 Å². The van der Waals surface area contributed by atoms with Crippen LogP contribution in [0.3, 0.4) is 0 Å². The van der Waals surface area contributed by atoms with Gasteiger partial charge in [0.25, 0.3) is 11.8 Å². The smallest absolute Gasteiger partial charge is 0.359 e. The average molecular weight is 496 g/mol. The zero-order valence-electron chi connectivity index (χ0n) is 19.5. The monoisotopic (exact) mass is 495 g/mol. The van der Waals surface area contributed by atoms with Crippen molar-refractivity contribution in [1.29, 1.82) is 0 Å². The van der Waals surface area contributed by atoms with Crippen molar-refractivity contribution in [3.63, 3.8) is 0 Å². The molecule has 1 saturated heterocycles. The van der Waals surface area contributed by atoms with E-state index in [1.54, 1.807) is 11.8 Å². The maximum Gasteiger partial charge on any atom is 0.408 e. The molecule has 0 aromatic carbocycles. The topological polar surface area (TPSA) is 87.2 Å². The maximum absolute atomic E-state index is 13.4. The fourth-order valence-corrected chi connectivity index (χ4v) is 5.08. The number of nitrogens with one attached hydrogen (secondary N) is 2. The van der Waals surface area contributed by atoms with Crippen molar-refractivity contribution >= 4 is 29.0 Å². The number of alkyl halides is 3. The van der Waals surface area contributed by atoms with Gasteiger partial charge in [0.2, 0.25) is 0 Å². The van der Waals surface area contributed by atoms with Crippen LogP contribution in [0, 0.1) is 12.8 Å². The minimum Gasteiger partial charge on any atom is -0.359 e. The molecule has 7 nitrogen and oxygen atoms in total. The van der Waals surface area contributed by atoms with E-state index in [0.717, 1.165) is 37.5 Å². The Morgan fingerprint density at radius 1 is 1.29 bits per heavy atom. The third-order valence-electron chi connectivity index (χ3n) is 6.47. The van der Waals surface area contributed by atoms with Crippen LogP contribution in [0.4, 0.5) is 19.0 Å². The zero-order valence-corrected chi connectivity index (χ0v) is 20.3. The summed E-state index contributed by atoms with van der Waals surface area (Å²) in [6, 6.07) is -0.0683. The number of hydrogen-bond acceptors (Lipinski definition) is 6. The highest BCUT2D eigenvalue weighted by atomic mass is 32.1. The summed E-state index contributed by atoms with van der Waals surface area (Å²) in [5.41, 5.74) is 1.38. The highest BCUT2D eigenvalue weighted by Crippen LogP contribution is 2.36. The predicted molar refractivity (Wildman–Crippen MR) is 124 cm³/mol. The number of anilines is 1. The van der Waals surface area contributed by atoms with E-state index in [2.05, 4.69) is 20.6 Å². The second kappa shape index (κ2) is 9.16. The lowest BCUT2D eigenvalue weighted by Crippen LogP contribution is -2.34. The number of halogens is 3. The minimum absolute atomic E-state index is 0.0706. The molecule has 0 bridgehead atoms. The number of carbonyl (C=O) groups excluding carboxylic acids is 2. The van der Waals surface area contributed by atoms with Gasteiger partial charge in [-0.15, -0.1) is 11.3 Å². The Morgan fingerprint density at radius 2 is 2.00 bits per heavy atom. The first-order chi connectivity index (χ1) is 16.0. The van der Waals surface area contributed by atoms with E-state index in [1.807, 2.05) is 13.8 Å². The molecule has 11 heteroatoms. The van der Waals surface area contributed by atoms with Crippen molar-refractivity contribution in [3.05, 3.63) is 28.5 Å². The van der Waals surface area contributed by atoms with Crippen LogP contribution in [0.5, 0.6) is 0 Å². The summed E-state index contributed by atoms with van der Waals surface area (Å²) in [6.07, 6.45) is -0.259. The number of thiazole rings is 1. The molecule has 1 aliphatic carbocycles. The Kier molecular flexibility index (Phi) is 6.58. The Bertz CT molecular complexity index is 1100. The first kappa shape index (κ1) is 24.4. The fourth-order valence-electron chi connectivity index (χ4n) is 4.05. The van der Waals surface area contributed by atoms with Gasteiger partial charge < -0.3 is 15.5 Å². The van der Waals surface area contributed by atoms with E-state index in [1.165, 1.54) is 12.3 Å². The van der Waals surface area contributed by atoms with Gasteiger partial charge in [-0.1, -0.05) is 6.92 Å². The molecule has 2 fully saturated rings. The standard InChI is InChI=1S/C23H28F3N5O2S/c1-11-9-17(28-14(4)23(24,25)26)27-10-15(11)19-18(22(33)31-7-5-6-13(31)3)30-21(34-19)20(32)29-16-8-12(16)2/h9-10,12-14,16H,5-8H2,1-4H3,(H,27,28)(H,29,32)/t12-,13+,14+,16-/m1/s1. The van der Waals surface area contributed by atoms with Crippen LogP contribution in [0.15, 0.2) is 12.3 Å². The summed E-state index contributed by atoms with van der Waals surface area (Å²) >= 11 is 1.11. The van der Waals surface area contributed by atoms with Crippen molar-refractivity contribution in [3.8, 4) is 10.4 Å². The summed E-state index contributed by atoms with van der Waals surface area (Å²) in [6.45, 7) is 7.40. The Labute approximate surface area is 200 Å². The third-order valence-corrected chi connectivity index (χ3v) is 7.56. The SMILES string of the molecule is Cc1cc(N[C@@H](C)C(F)(F)F)ncc1-c1sc(C(=O)N[C@@H]2C[C@H]2C)nc1C(=O)N1CCC[C@@H]1C. The fraction of sp³-hybridized carbons (Fsp3) is 0.565. The first-order valence-corrected chi connectivity index (χ1v) is 12.2. The Morgan fingerprint density at radius 3 is 2.56 bits per heavy atom. The molecule has 4 atom stereocenters. The highest BCUT2D eigenvalue weighted by molar-refractivity contribution is 7.17. The number of aryl methyl sites for hydroxylation is 1. The second-order valence-electron chi connectivity index (χ2n) is 9.27. The third kappa shape index (κ3) is 5.03. The number of aromatic nitrogens is 2. The van der Waals surface area contributed by atoms with Gasteiger partial charge in [-0.3, -0.25) is 9.59 Å². The molecule has 1 saturated carbocycles. The van der Waals surface area contributed by atoms with E-state index in [4.69, 9.17) is 0 Å². The molecule has 0 unspecified atom stereocenters. The molecule has 2 aliphatic rings. The van der Waals surface area contributed by atoms with Gasteiger partial charge in [-0.05, 0) is 57.6 Å². The summed E-state index contributed by atoms with van der Waals surface area (Å²) in [5.74, 6) is -0.0720. The van der Waals surface area contributed by atoms with Crippen molar-refractivity contribution in [2.24, 2.45) is 5.92 Å².